The fourth-order valence-corrected chi connectivity index (χ4v) is 3.00. The van der Waals surface area contributed by atoms with Gasteiger partial charge in [-0.2, -0.15) is 0 Å². The van der Waals surface area contributed by atoms with Crippen LogP contribution in [0.2, 0.25) is 0 Å². The molecule has 116 valence electrons. The minimum Gasteiger partial charge on any atom is -0.376 e. The van der Waals surface area contributed by atoms with Crippen LogP contribution in [-0.4, -0.2) is 55.4 Å². The van der Waals surface area contributed by atoms with E-state index in [0.29, 0.717) is 12.5 Å². The van der Waals surface area contributed by atoms with Gasteiger partial charge in [-0.3, -0.25) is 4.79 Å². The first-order valence-corrected chi connectivity index (χ1v) is 7.85. The number of hydrogen-bond acceptors (Lipinski definition) is 4. The van der Waals surface area contributed by atoms with Crippen molar-refractivity contribution in [3.05, 3.63) is 0 Å². The number of nitrogens with zero attached hydrogens (tertiary/aromatic N) is 1. The third kappa shape index (κ3) is 4.17. The first kappa shape index (κ1) is 15.7. The standard InChI is InChI=1S/C15H28N2O3/c1-11(16)13-5-3-7-17(9-13)15(18)12(2)20-10-14-6-4-8-19-14/h11-14H,3-10,16H2,1-2H3. The Labute approximate surface area is 121 Å². The topological polar surface area (TPSA) is 64.8 Å². The molecule has 4 unspecified atom stereocenters. The lowest BCUT2D eigenvalue weighted by atomic mass is 9.92. The molecule has 0 aromatic heterocycles. The zero-order valence-corrected chi connectivity index (χ0v) is 12.7. The number of carbonyl (C=O) groups excluding carboxylic acids is 1. The van der Waals surface area contributed by atoms with Gasteiger partial charge in [0, 0.05) is 25.7 Å². The molecule has 1 amide bonds. The van der Waals surface area contributed by atoms with Crippen LogP contribution in [0.4, 0.5) is 0 Å². The SMILES string of the molecule is CC(OCC1CCCO1)C(=O)N1CCCC(C(C)N)C1. The summed E-state index contributed by atoms with van der Waals surface area (Å²) in [6, 6.07) is 0.147. The van der Waals surface area contributed by atoms with Gasteiger partial charge >= 0.3 is 0 Å². The van der Waals surface area contributed by atoms with E-state index >= 15 is 0 Å². The van der Waals surface area contributed by atoms with Crippen molar-refractivity contribution >= 4 is 5.91 Å². The Balaban J connectivity index is 1.76. The van der Waals surface area contributed by atoms with Gasteiger partial charge in [0.25, 0.3) is 5.91 Å². The van der Waals surface area contributed by atoms with Gasteiger partial charge in [-0.1, -0.05) is 0 Å². The monoisotopic (exact) mass is 284 g/mol. The Bertz CT molecular complexity index is 316. The molecule has 2 rings (SSSR count). The van der Waals surface area contributed by atoms with Gasteiger partial charge in [0.1, 0.15) is 6.10 Å². The van der Waals surface area contributed by atoms with Crippen LogP contribution in [-0.2, 0) is 14.3 Å². The van der Waals surface area contributed by atoms with E-state index in [4.69, 9.17) is 15.2 Å². The normalized spacial score (nSPS) is 30.2. The summed E-state index contributed by atoms with van der Waals surface area (Å²) >= 11 is 0. The van der Waals surface area contributed by atoms with Crippen LogP contribution in [0.5, 0.6) is 0 Å². The van der Waals surface area contributed by atoms with Crippen molar-refractivity contribution in [2.75, 3.05) is 26.3 Å². The molecule has 2 aliphatic heterocycles. The van der Waals surface area contributed by atoms with E-state index in [0.717, 1.165) is 45.4 Å². The molecule has 5 nitrogen and oxygen atoms in total. The van der Waals surface area contributed by atoms with E-state index in [1.165, 1.54) is 0 Å². The van der Waals surface area contributed by atoms with Crippen molar-refractivity contribution < 1.29 is 14.3 Å². The highest BCUT2D eigenvalue weighted by atomic mass is 16.5. The fourth-order valence-electron chi connectivity index (χ4n) is 3.00. The summed E-state index contributed by atoms with van der Waals surface area (Å²) in [5.41, 5.74) is 5.96. The molecule has 5 heteroatoms. The second-order valence-electron chi connectivity index (χ2n) is 6.16. The third-order valence-corrected chi connectivity index (χ3v) is 4.42. The lowest BCUT2D eigenvalue weighted by Crippen LogP contribution is -2.48. The van der Waals surface area contributed by atoms with Crippen LogP contribution < -0.4 is 5.73 Å². The van der Waals surface area contributed by atoms with Crippen molar-refractivity contribution in [3.63, 3.8) is 0 Å². The Morgan fingerprint density at radius 2 is 2.20 bits per heavy atom. The zero-order chi connectivity index (χ0) is 14.5. The molecule has 0 aromatic rings. The van der Waals surface area contributed by atoms with E-state index in [1.807, 2.05) is 18.7 Å². The predicted octanol–water partition coefficient (Wildman–Crippen LogP) is 1.16. The van der Waals surface area contributed by atoms with Crippen molar-refractivity contribution in [2.24, 2.45) is 11.7 Å². The number of piperidine rings is 1. The van der Waals surface area contributed by atoms with Crippen LogP contribution in [0.15, 0.2) is 0 Å². The summed E-state index contributed by atoms with van der Waals surface area (Å²) in [6.45, 7) is 6.80. The minimum absolute atomic E-state index is 0.0911. The first-order chi connectivity index (χ1) is 9.58. The Hall–Kier alpha value is -0.650. The lowest BCUT2D eigenvalue weighted by Gasteiger charge is -2.36. The van der Waals surface area contributed by atoms with Crippen molar-refractivity contribution in [2.45, 2.75) is 57.8 Å². The van der Waals surface area contributed by atoms with E-state index in [9.17, 15) is 4.79 Å². The summed E-state index contributed by atoms with van der Waals surface area (Å²) in [6.07, 6.45) is 4.08. The van der Waals surface area contributed by atoms with Gasteiger partial charge in [0.15, 0.2) is 0 Å². The maximum absolute atomic E-state index is 12.4. The minimum atomic E-state index is -0.383. The van der Waals surface area contributed by atoms with E-state index < -0.39 is 0 Å². The summed E-state index contributed by atoms with van der Waals surface area (Å²) in [4.78, 5) is 14.3. The molecular formula is C15H28N2O3. The zero-order valence-electron chi connectivity index (χ0n) is 12.7. The molecule has 0 radical (unpaired) electrons. The molecule has 2 N–H and O–H groups in total. The molecule has 2 aliphatic rings. The Morgan fingerprint density at radius 3 is 2.85 bits per heavy atom. The average Bonchev–Trinajstić information content (AvgIpc) is 2.97. The van der Waals surface area contributed by atoms with Crippen molar-refractivity contribution in [3.8, 4) is 0 Å². The molecule has 0 aliphatic carbocycles. The molecule has 0 aromatic carbocycles. The van der Waals surface area contributed by atoms with Crippen molar-refractivity contribution in [1.82, 2.24) is 4.90 Å². The van der Waals surface area contributed by atoms with Crippen LogP contribution in [0.1, 0.15) is 39.5 Å². The van der Waals surface area contributed by atoms with Gasteiger partial charge in [-0.15, -0.1) is 0 Å². The third-order valence-electron chi connectivity index (χ3n) is 4.42. The molecule has 0 spiro atoms. The number of likely N-dealkylation sites (tertiary alicyclic amines) is 1. The quantitative estimate of drug-likeness (QED) is 0.822. The van der Waals surface area contributed by atoms with Crippen molar-refractivity contribution in [1.29, 1.82) is 0 Å². The molecular weight excluding hydrogens is 256 g/mol. The lowest BCUT2D eigenvalue weighted by molar-refractivity contribution is -0.146. The second-order valence-corrected chi connectivity index (χ2v) is 6.16. The molecule has 0 saturated carbocycles. The Morgan fingerprint density at radius 1 is 1.40 bits per heavy atom. The van der Waals surface area contributed by atoms with Gasteiger partial charge in [-0.05, 0) is 45.4 Å². The number of ether oxygens (including phenoxy) is 2. The number of amides is 1. The highest BCUT2D eigenvalue weighted by molar-refractivity contribution is 5.80. The van der Waals surface area contributed by atoms with E-state index in [2.05, 4.69) is 0 Å². The fraction of sp³-hybridized carbons (Fsp3) is 0.933. The smallest absolute Gasteiger partial charge is 0.251 e. The number of nitrogens with two attached hydrogens (primary N) is 1. The van der Waals surface area contributed by atoms with E-state index in [1.54, 1.807) is 0 Å². The van der Waals surface area contributed by atoms with Crippen LogP contribution in [0, 0.1) is 5.92 Å². The summed E-state index contributed by atoms with van der Waals surface area (Å²) < 4.78 is 11.2. The maximum Gasteiger partial charge on any atom is 0.251 e. The predicted molar refractivity (Wildman–Crippen MR) is 77.3 cm³/mol. The van der Waals surface area contributed by atoms with Crippen LogP contribution >= 0.6 is 0 Å². The number of rotatable bonds is 5. The largest absolute Gasteiger partial charge is 0.376 e. The van der Waals surface area contributed by atoms with Gasteiger partial charge < -0.3 is 20.1 Å². The maximum atomic E-state index is 12.4. The second kappa shape index (κ2) is 7.38. The summed E-state index contributed by atoms with van der Waals surface area (Å²) in [7, 11) is 0. The molecule has 0 bridgehead atoms. The van der Waals surface area contributed by atoms with Crippen LogP contribution in [0.3, 0.4) is 0 Å². The van der Waals surface area contributed by atoms with E-state index in [-0.39, 0.29) is 24.2 Å². The first-order valence-electron chi connectivity index (χ1n) is 7.85. The van der Waals surface area contributed by atoms with Gasteiger partial charge in [-0.25, -0.2) is 0 Å². The Kier molecular flexibility index (Phi) is 5.81. The summed E-state index contributed by atoms with van der Waals surface area (Å²) in [5, 5.41) is 0. The highest BCUT2D eigenvalue weighted by Crippen LogP contribution is 2.20. The molecule has 20 heavy (non-hydrogen) atoms. The highest BCUT2D eigenvalue weighted by Gasteiger charge is 2.29. The number of carbonyl (C=O) groups is 1. The molecule has 2 heterocycles. The average molecular weight is 284 g/mol. The summed E-state index contributed by atoms with van der Waals surface area (Å²) in [5.74, 6) is 0.506. The molecule has 2 saturated heterocycles. The molecule has 4 atom stereocenters. The van der Waals surface area contributed by atoms with Crippen LogP contribution in [0.25, 0.3) is 0 Å². The van der Waals surface area contributed by atoms with Gasteiger partial charge in [0.2, 0.25) is 0 Å². The van der Waals surface area contributed by atoms with Gasteiger partial charge in [0.05, 0.1) is 12.7 Å². The molecule has 2 fully saturated rings. The number of hydrogen-bond donors (Lipinski definition) is 1.